The number of nitrogens with zero attached hydrogens (tertiary/aromatic N) is 2. The molecular weight excluding hydrogens is 469 g/mol. The third-order valence-electron chi connectivity index (χ3n) is 4.67. The van der Waals surface area contributed by atoms with Crippen LogP contribution in [-0.4, -0.2) is 15.9 Å². The highest BCUT2D eigenvalue weighted by atomic mass is 35.5. The van der Waals surface area contributed by atoms with Crippen molar-refractivity contribution in [1.29, 1.82) is 0 Å². The minimum absolute atomic E-state index is 0.253. The van der Waals surface area contributed by atoms with E-state index in [9.17, 15) is 4.79 Å². The first-order valence-corrected chi connectivity index (χ1v) is 11.8. The number of anilines is 1. The number of hydrogen-bond donors (Lipinski definition) is 1. The zero-order valence-corrected chi connectivity index (χ0v) is 18.9. The number of para-hydroxylation sites is 1. The Hall–Kier alpha value is -2.77. The number of aromatic nitrogens is 2. The highest BCUT2D eigenvalue weighted by Gasteiger charge is 2.17. The minimum Gasteiger partial charge on any atom is -0.298 e. The molecular formula is C23H13Cl2N3OS2. The van der Waals surface area contributed by atoms with Gasteiger partial charge < -0.3 is 0 Å². The van der Waals surface area contributed by atoms with Crippen molar-refractivity contribution >= 4 is 67.8 Å². The summed E-state index contributed by atoms with van der Waals surface area (Å²) in [6.07, 6.45) is 0. The van der Waals surface area contributed by atoms with E-state index in [4.69, 9.17) is 28.2 Å². The number of benzene rings is 2. The molecule has 152 valence electrons. The van der Waals surface area contributed by atoms with E-state index in [1.165, 1.54) is 11.3 Å². The number of hydrogen-bond acceptors (Lipinski definition) is 5. The number of thiophene rings is 1. The van der Waals surface area contributed by atoms with Gasteiger partial charge in [-0.2, -0.15) is 0 Å². The van der Waals surface area contributed by atoms with Crippen LogP contribution in [0, 0.1) is 0 Å². The van der Waals surface area contributed by atoms with Crippen molar-refractivity contribution in [3.8, 4) is 21.8 Å². The van der Waals surface area contributed by atoms with Crippen molar-refractivity contribution in [1.82, 2.24) is 9.97 Å². The van der Waals surface area contributed by atoms with Gasteiger partial charge >= 0.3 is 0 Å². The Morgan fingerprint density at radius 2 is 1.77 bits per heavy atom. The van der Waals surface area contributed by atoms with E-state index in [0.717, 1.165) is 16.0 Å². The molecule has 0 radical (unpaired) electrons. The topological polar surface area (TPSA) is 54.9 Å². The third kappa shape index (κ3) is 4.07. The zero-order valence-electron chi connectivity index (χ0n) is 15.8. The van der Waals surface area contributed by atoms with Crippen LogP contribution in [0.5, 0.6) is 0 Å². The maximum Gasteiger partial charge on any atom is 0.258 e. The van der Waals surface area contributed by atoms with Crippen LogP contribution >= 0.6 is 45.9 Å². The largest absolute Gasteiger partial charge is 0.298 e. The number of carbonyl (C=O) groups is 1. The molecule has 5 rings (SSSR count). The van der Waals surface area contributed by atoms with E-state index in [2.05, 4.69) is 10.3 Å². The molecule has 2 aromatic carbocycles. The van der Waals surface area contributed by atoms with Gasteiger partial charge in [0.15, 0.2) is 5.13 Å². The number of halogens is 2. The summed E-state index contributed by atoms with van der Waals surface area (Å²) in [5.41, 5.74) is 3.36. The summed E-state index contributed by atoms with van der Waals surface area (Å²) >= 11 is 15.4. The molecule has 1 amide bonds. The number of nitrogens with one attached hydrogen (secondary N) is 1. The van der Waals surface area contributed by atoms with Gasteiger partial charge in [-0.15, -0.1) is 22.7 Å². The summed E-state index contributed by atoms with van der Waals surface area (Å²) < 4.78 is 0. The summed E-state index contributed by atoms with van der Waals surface area (Å²) in [4.78, 5) is 23.5. The average Bonchev–Trinajstić information content (AvgIpc) is 3.45. The molecule has 0 bridgehead atoms. The second kappa shape index (κ2) is 8.40. The molecule has 3 aromatic heterocycles. The molecule has 0 aliphatic rings. The summed E-state index contributed by atoms with van der Waals surface area (Å²) in [7, 11) is 0. The molecule has 0 spiro atoms. The van der Waals surface area contributed by atoms with Gasteiger partial charge in [0.25, 0.3) is 5.91 Å². The molecule has 31 heavy (non-hydrogen) atoms. The maximum absolute atomic E-state index is 13.2. The second-order valence-electron chi connectivity index (χ2n) is 6.67. The summed E-state index contributed by atoms with van der Waals surface area (Å²) in [5.74, 6) is -0.253. The fraction of sp³-hybridized carbons (Fsp3) is 0. The lowest BCUT2D eigenvalue weighted by Gasteiger charge is -2.11. The Morgan fingerprint density at radius 1 is 0.903 bits per heavy atom. The molecule has 0 aliphatic heterocycles. The fourth-order valence-corrected chi connectivity index (χ4v) is 5.20. The molecule has 0 saturated heterocycles. The SMILES string of the molecule is O=C(Nc1nc(-c2cccs2)cs1)c1cc(-c2ccc(Cl)cc2Cl)nc2ccccc12. The Kier molecular flexibility index (Phi) is 5.46. The smallest absolute Gasteiger partial charge is 0.258 e. The predicted octanol–water partition coefficient (Wildman–Crippen LogP) is 7.65. The molecule has 5 aromatic rings. The van der Waals surface area contributed by atoms with Crippen molar-refractivity contribution in [2.75, 3.05) is 5.32 Å². The van der Waals surface area contributed by atoms with Gasteiger partial charge in [-0.1, -0.05) is 47.5 Å². The highest BCUT2D eigenvalue weighted by molar-refractivity contribution is 7.16. The van der Waals surface area contributed by atoms with Crippen LogP contribution in [-0.2, 0) is 0 Å². The van der Waals surface area contributed by atoms with Crippen molar-refractivity contribution in [3.63, 3.8) is 0 Å². The van der Waals surface area contributed by atoms with Gasteiger partial charge in [0.1, 0.15) is 0 Å². The third-order valence-corrected chi connectivity index (χ3v) is 6.86. The van der Waals surface area contributed by atoms with Gasteiger partial charge in [-0.05, 0) is 41.8 Å². The van der Waals surface area contributed by atoms with Gasteiger partial charge in [0.05, 0.1) is 32.4 Å². The molecule has 4 nitrogen and oxygen atoms in total. The lowest BCUT2D eigenvalue weighted by atomic mass is 10.0. The number of thiazole rings is 1. The lowest BCUT2D eigenvalue weighted by molar-refractivity contribution is 0.102. The van der Waals surface area contributed by atoms with Crippen molar-refractivity contribution in [2.45, 2.75) is 0 Å². The van der Waals surface area contributed by atoms with E-state index < -0.39 is 0 Å². The van der Waals surface area contributed by atoms with E-state index in [1.54, 1.807) is 35.6 Å². The Bertz CT molecular complexity index is 1410. The van der Waals surface area contributed by atoms with Gasteiger partial charge in [0.2, 0.25) is 0 Å². The number of pyridine rings is 1. The van der Waals surface area contributed by atoms with Gasteiger partial charge in [0, 0.05) is 21.4 Å². The summed E-state index contributed by atoms with van der Waals surface area (Å²) in [6.45, 7) is 0. The summed E-state index contributed by atoms with van der Waals surface area (Å²) in [6, 6.07) is 18.5. The normalized spacial score (nSPS) is 11.0. The quantitative estimate of drug-likeness (QED) is 0.286. The fourth-order valence-electron chi connectivity index (χ4n) is 3.23. The first kappa shape index (κ1) is 20.2. The van der Waals surface area contributed by atoms with Crippen LogP contribution in [0.4, 0.5) is 5.13 Å². The highest BCUT2D eigenvalue weighted by Crippen LogP contribution is 2.33. The minimum atomic E-state index is -0.253. The Morgan fingerprint density at radius 3 is 2.58 bits per heavy atom. The molecule has 0 aliphatic carbocycles. The maximum atomic E-state index is 13.2. The first-order valence-electron chi connectivity index (χ1n) is 9.24. The Balaban J connectivity index is 1.54. The van der Waals surface area contributed by atoms with Crippen LogP contribution in [0.25, 0.3) is 32.7 Å². The standard InChI is InChI=1S/C23H13Cl2N3OS2/c24-13-7-8-15(17(25)10-13)19-11-16(14-4-1-2-5-18(14)26-19)22(29)28-23-27-20(12-31-23)21-6-3-9-30-21/h1-12H,(H,27,28,29). The van der Waals surface area contributed by atoms with E-state index in [0.29, 0.717) is 37.5 Å². The second-order valence-corrected chi connectivity index (χ2v) is 9.32. The first-order chi connectivity index (χ1) is 15.1. The molecule has 0 saturated carbocycles. The van der Waals surface area contributed by atoms with Crippen LogP contribution in [0.3, 0.4) is 0 Å². The van der Waals surface area contributed by atoms with Crippen LogP contribution < -0.4 is 5.32 Å². The van der Waals surface area contributed by atoms with Crippen molar-refractivity contribution in [2.24, 2.45) is 0 Å². The number of amides is 1. The molecule has 8 heteroatoms. The molecule has 3 heterocycles. The number of carbonyl (C=O) groups excluding carboxylic acids is 1. The van der Waals surface area contributed by atoms with Crippen molar-refractivity contribution < 1.29 is 4.79 Å². The Labute approximate surface area is 196 Å². The lowest BCUT2D eigenvalue weighted by Crippen LogP contribution is -2.13. The number of fused-ring (bicyclic) bond motifs is 1. The average molecular weight is 482 g/mol. The molecule has 0 atom stereocenters. The molecule has 0 fully saturated rings. The van der Waals surface area contributed by atoms with Crippen LogP contribution in [0.2, 0.25) is 10.0 Å². The summed E-state index contributed by atoms with van der Waals surface area (Å²) in [5, 5.41) is 9.17. The van der Waals surface area contributed by atoms with E-state index in [1.807, 2.05) is 47.2 Å². The van der Waals surface area contributed by atoms with Crippen LogP contribution in [0.15, 0.2) is 71.4 Å². The number of rotatable bonds is 4. The molecule has 0 unspecified atom stereocenters. The van der Waals surface area contributed by atoms with Gasteiger partial charge in [-0.25, -0.2) is 9.97 Å². The van der Waals surface area contributed by atoms with E-state index in [-0.39, 0.29) is 5.91 Å². The van der Waals surface area contributed by atoms with Gasteiger partial charge in [-0.3, -0.25) is 10.1 Å². The van der Waals surface area contributed by atoms with Crippen molar-refractivity contribution in [3.05, 3.63) is 87.0 Å². The zero-order chi connectivity index (χ0) is 21.4. The predicted molar refractivity (Wildman–Crippen MR) is 131 cm³/mol. The molecule has 1 N–H and O–H groups in total. The van der Waals surface area contributed by atoms with Crippen LogP contribution in [0.1, 0.15) is 10.4 Å². The monoisotopic (exact) mass is 481 g/mol. The van der Waals surface area contributed by atoms with E-state index >= 15 is 0 Å².